The van der Waals surface area contributed by atoms with E-state index in [0.29, 0.717) is 0 Å². The van der Waals surface area contributed by atoms with Crippen molar-refractivity contribution in [1.82, 2.24) is 4.98 Å². The van der Waals surface area contributed by atoms with Gasteiger partial charge in [0.1, 0.15) is 5.75 Å². The van der Waals surface area contributed by atoms with Crippen molar-refractivity contribution in [3.63, 3.8) is 0 Å². The number of hydrogen-bond acceptors (Lipinski definition) is 3. The molecule has 3 rings (SSSR count). The Balaban J connectivity index is 1.48. The summed E-state index contributed by atoms with van der Waals surface area (Å²) in [6, 6.07) is 4.30. The molecule has 3 heteroatoms. The molecule has 2 aliphatic rings. The molecule has 0 saturated heterocycles. The van der Waals surface area contributed by atoms with E-state index in [2.05, 4.69) is 11.9 Å². The highest BCUT2D eigenvalue weighted by atomic mass is 16.5. The summed E-state index contributed by atoms with van der Waals surface area (Å²) >= 11 is 0. The zero-order chi connectivity index (χ0) is 13.9. The van der Waals surface area contributed by atoms with E-state index in [0.717, 1.165) is 48.6 Å². The molecule has 4 atom stereocenters. The molecular formula is C17H26N2O. The molecule has 1 aromatic rings. The summed E-state index contributed by atoms with van der Waals surface area (Å²) in [5.74, 6) is 3.60. The molecule has 2 fully saturated rings. The standard InChI is InChI=1S/C17H26N2O/c1-2-15(18)9-16-5-6-17(10-19-16)20-11-14-8-12-3-4-13(14)7-12/h5-6,10,12-15H,2-4,7-9,11,18H2,1H3. The van der Waals surface area contributed by atoms with Crippen LogP contribution < -0.4 is 10.5 Å². The van der Waals surface area contributed by atoms with Gasteiger partial charge in [-0.2, -0.15) is 0 Å². The lowest BCUT2D eigenvalue weighted by Gasteiger charge is -2.21. The zero-order valence-corrected chi connectivity index (χ0v) is 12.4. The minimum absolute atomic E-state index is 0.211. The van der Waals surface area contributed by atoms with Crippen LogP contribution in [0.5, 0.6) is 5.75 Å². The van der Waals surface area contributed by atoms with Crippen molar-refractivity contribution < 1.29 is 4.74 Å². The smallest absolute Gasteiger partial charge is 0.137 e. The van der Waals surface area contributed by atoms with Crippen LogP contribution in [0, 0.1) is 17.8 Å². The van der Waals surface area contributed by atoms with Crippen LogP contribution in [0.4, 0.5) is 0 Å². The highest BCUT2D eigenvalue weighted by Crippen LogP contribution is 2.48. The van der Waals surface area contributed by atoms with Gasteiger partial charge >= 0.3 is 0 Å². The fourth-order valence-corrected chi connectivity index (χ4v) is 3.81. The second-order valence-electron chi connectivity index (χ2n) is 6.60. The molecule has 3 nitrogen and oxygen atoms in total. The molecule has 0 radical (unpaired) electrons. The minimum atomic E-state index is 0.211. The maximum atomic E-state index is 5.95. The maximum absolute atomic E-state index is 5.95. The van der Waals surface area contributed by atoms with Crippen molar-refractivity contribution >= 4 is 0 Å². The number of nitrogens with zero attached hydrogens (tertiary/aromatic N) is 1. The average Bonchev–Trinajstić information content (AvgIpc) is 3.09. The topological polar surface area (TPSA) is 48.1 Å². The van der Waals surface area contributed by atoms with Gasteiger partial charge in [-0.05, 0) is 55.6 Å². The van der Waals surface area contributed by atoms with Gasteiger partial charge in [0.2, 0.25) is 0 Å². The first-order valence-electron chi connectivity index (χ1n) is 8.08. The molecule has 0 aliphatic heterocycles. The van der Waals surface area contributed by atoms with E-state index in [1.807, 2.05) is 18.3 Å². The highest BCUT2D eigenvalue weighted by molar-refractivity contribution is 5.20. The van der Waals surface area contributed by atoms with Gasteiger partial charge in [-0.1, -0.05) is 13.3 Å². The van der Waals surface area contributed by atoms with Gasteiger partial charge in [0.15, 0.2) is 0 Å². The molecule has 2 N–H and O–H groups in total. The van der Waals surface area contributed by atoms with Crippen LogP contribution in [0.25, 0.3) is 0 Å². The van der Waals surface area contributed by atoms with E-state index in [-0.39, 0.29) is 6.04 Å². The molecule has 2 bridgehead atoms. The Morgan fingerprint density at radius 3 is 2.85 bits per heavy atom. The lowest BCUT2D eigenvalue weighted by molar-refractivity contribution is 0.194. The van der Waals surface area contributed by atoms with Crippen molar-refractivity contribution in [2.45, 2.75) is 51.5 Å². The Hall–Kier alpha value is -1.09. The minimum Gasteiger partial charge on any atom is -0.492 e. The first-order valence-corrected chi connectivity index (χ1v) is 8.08. The van der Waals surface area contributed by atoms with Crippen molar-refractivity contribution in [2.75, 3.05) is 6.61 Å². The Bertz CT molecular complexity index is 431. The van der Waals surface area contributed by atoms with Crippen molar-refractivity contribution in [3.8, 4) is 5.75 Å². The quantitative estimate of drug-likeness (QED) is 0.866. The maximum Gasteiger partial charge on any atom is 0.137 e. The van der Waals surface area contributed by atoms with Crippen LogP contribution >= 0.6 is 0 Å². The zero-order valence-electron chi connectivity index (χ0n) is 12.4. The second kappa shape index (κ2) is 6.13. The number of hydrogen-bond donors (Lipinski definition) is 1. The predicted molar refractivity (Wildman–Crippen MR) is 80.6 cm³/mol. The third-order valence-corrected chi connectivity index (χ3v) is 5.14. The fourth-order valence-electron chi connectivity index (χ4n) is 3.81. The first kappa shape index (κ1) is 13.9. The summed E-state index contributed by atoms with van der Waals surface area (Å²) in [4.78, 5) is 4.45. The van der Waals surface area contributed by atoms with Gasteiger partial charge in [-0.3, -0.25) is 4.98 Å². The molecule has 0 amide bonds. The molecule has 110 valence electrons. The van der Waals surface area contributed by atoms with Gasteiger partial charge in [0, 0.05) is 18.2 Å². The molecule has 4 unspecified atom stereocenters. The molecule has 1 heterocycles. The van der Waals surface area contributed by atoms with Crippen LogP contribution in [0.2, 0.25) is 0 Å². The average molecular weight is 274 g/mol. The van der Waals surface area contributed by atoms with Gasteiger partial charge in [0.05, 0.1) is 12.8 Å². The Morgan fingerprint density at radius 2 is 2.25 bits per heavy atom. The monoisotopic (exact) mass is 274 g/mol. The number of fused-ring (bicyclic) bond motifs is 2. The summed E-state index contributed by atoms with van der Waals surface area (Å²) in [6.07, 6.45) is 9.39. The number of pyridine rings is 1. The molecule has 2 saturated carbocycles. The van der Waals surface area contributed by atoms with Crippen LogP contribution in [0.1, 0.15) is 44.7 Å². The lowest BCUT2D eigenvalue weighted by Crippen LogP contribution is -2.22. The van der Waals surface area contributed by atoms with E-state index in [1.54, 1.807) is 0 Å². The third-order valence-electron chi connectivity index (χ3n) is 5.14. The number of nitrogens with two attached hydrogens (primary N) is 1. The number of ether oxygens (including phenoxy) is 1. The second-order valence-corrected chi connectivity index (χ2v) is 6.60. The number of rotatable bonds is 6. The molecule has 2 aliphatic carbocycles. The van der Waals surface area contributed by atoms with Gasteiger partial charge < -0.3 is 10.5 Å². The van der Waals surface area contributed by atoms with Crippen molar-refractivity contribution in [2.24, 2.45) is 23.5 Å². The lowest BCUT2D eigenvalue weighted by atomic mass is 9.90. The summed E-state index contributed by atoms with van der Waals surface area (Å²) in [5, 5.41) is 0. The molecule has 0 aromatic carbocycles. The summed E-state index contributed by atoms with van der Waals surface area (Å²) < 4.78 is 5.94. The number of aromatic nitrogens is 1. The third kappa shape index (κ3) is 3.14. The van der Waals surface area contributed by atoms with E-state index in [1.165, 1.54) is 25.7 Å². The van der Waals surface area contributed by atoms with Crippen LogP contribution in [0.3, 0.4) is 0 Å². The van der Waals surface area contributed by atoms with E-state index in [4.69, 9.17) is 10.5 Å². The van der Waals surface area contributed by atoms with Crippen LogP contribution in [-0.2, 0) is 6.42 Å². The van der Waals surface area contributed by atoms with Gasteiger partial charge in [0.25, 0.3) is 0 Å². The molecule has 0 spiro atoms. The van der Waals surface area contributed by atoms with E-state index >= 15 is 0 Å². The summed E-state index contributed by atoms with van der Waals surface area (Å²) in [5.41, 5.74) is 7.01. The van der Waals surface area contributed by atoms with Crippen molar-refractivity contribution in [1.29, 1.82) is 0 Å². The normalized spacial score (nSPS) is 29.6. The highest BCUT2D eigenvalue weighted by Gasteiger charge is 2.39. The van der Waals surface area contributed by atoms with Crippen molar-refractivity contribution in [3.05, 3.63) is 24.0 Å². The molecule has 1 aromatic heterocycles. The van der Waals surface area contributed by atoms with Crippen LogP contribution in [-0.4, -0.2) is 17.6 Å². The largest absolute Gasteiger partial charge is 0.492 e. The van der Waals surface area contributed by atoms with Crippen LogP contribution in [0.15, 0.2) is 18.3 Å². The van der Waals surface area contributed by atoms with Gasteiger partial charge in [-0.15, -0.1) is 0 Å². The SMILES string of the molecule is CCC(N)Cc1ccc(OCC2CC3CCC2C3)cn1. The fraction of sp³-hybridized carbons (Fsp3) is 0.706. The Labute approximate surface area is 121 Å². The first-order chi connectivity index (χ1) is 9.74. The molecule has 20 heavy (non-hydrogen) atoms. The van der Waals surface area contributed by atoms with E-state index < -0.39 is 0 Å². The van der Waals surface area contributed by atoms with Gasteiger partial charge in [-0.25, -0.2) is 0 Å². The summed E-state index contributed by atoms with van der Waals surface area (Å²) in [7, 11) is 0. The Morgan fingerprint density at radius 1 is 1.35 bits per heavy atom. The van der Waals surface area contributed by atoms with E-state index in [9.17, 15) is 0 Å². The summed E-state index contributed by atoms with van der Waals surface area (Å²) in [6.45, 7) is 2.98. The Kier molecular flexibility index (Phi) is 4.25. The predicted octanol–water partition coefficient (Wildman–Crippen LogP) is 3.18. The molecular weight excluding hydrogens is 248 g/mol.